The van der Waals surface area contributed by atoms with E-state index < -0.39 is 6.10 Å². The summed E-state index contributed by atoms with van der Waals surface area (Å²) in [5.74, 6) is -0.148. The van der Waals surface area contributed by atoms with Crippen molar-refractivity contribution in [2.45, 2.75) is 57.3 Å². The zero-order valence-electron chi connectivity index (χ0n) is 15.1. The van der Waals surface area contributed by atoms with Crippen molar-refractivity contribution in [3.05, 3.63) is 12.2 Å². The number of carbonyl (C=O) groups excluding carboxylic acids is 2. The van der Waals surface area contributed by atoms with Gasteiger partial charge in [0.05, 0.1) is 25.2 Å². The minimum absolute atomic E-state index is 0.0561. The number of piperidine rings is 1. The van der Waals surface area contributed by atoms with E-state index in [2.05, 4.69) is 15.5 Å². The standard InChI is InChI=1S/C18H31N3O4/c1-2-17(23)20-15-7-6-14(25-16(15)13-22)12-18(24)19-8-11-21-9-4-3-5-10-21/h6-7,14-16,22H,2-5,8-13H2,1H3,(H,19,24)(H,20,23)/t14-,15-,16-/m0/s1. The number of carbonyl (C=O) groups is 2. The Hall–Kier alpha value is -1.44. The van der Waals surface area contributed by atoms with E-state index in [9.17, 15) is 14.7 Å². The largest absolute Gasteiger partial charge is 0.394 e. The van der Waals surface area contributed by atoms with E-state index in [4.69, 9.17) is 4.74 Å². The normalized spacial score (nSPS) is 27.0. The van der Waals surface area contributed by atoms with Gasteiger partial charge in [-0.15, -0.1) is 0 Å². The Labute approximate surface area is 149 Å². The number of nitrogens with zero attached hydrogens (tertiary/aromatic N) is 1. The Morgan fingerprint density at radius 2 is 1.96 bits per heavy atom. The third kappa shape index (κ3) is 6.76. The fourth-order valence-corrected chi connectivity index (χ4v) is 3.22. The van der Waals surface area contributed by atoms with E-state index in [1.54, 1.807) is 13.0 Å². The summed E-state index contributed by atoms with van der Waals surface area (Å²) in [6, 6.07) is -0.351. The molecule has 0 aliphatic carbocycles. The summed E-state index contributed by atoms with van der Waals surface area (Å²) < 4.78 is 5.74. The Morgan fingerprint density at radius 3 is 2.64 bits per heavy atom. The van der Waals surface area contributed by atoms with Gasteiger partial charge in [0, 0.05) is 19.5 Å². The molecule has 3 atom stereocenters. The summed E-state index contributed by atoms with van der Waals surface area (Å²) >= 11 is 0. The van der Waals surface area contributed by atoms with Gasteiger partial charge >= 0.3 is 0 Å². The van der Waals surface area contributed by atoms with Crippen LogP contribution in [0.4, 0.5) is 0 Å². The zero-order chi connectivity index (χ0) is 18.1. The molecule has 0 aromatic heterocycles. The van der Waals surface area contributed by atoms with E-state index in [0.29, 0.717) is 13.0 Å². The lowest BCUT2D eigenvalue weighted by Gasteiger charge is -2.31. The van der Waals surface area contributed by atoms with Crippen molar-refractivity contribution in [1.82, 2.24) is 15.5 Å². The molecule has 142 valence electrons. The van der Waals surface area contributed by atoms with E-state index in [1.807, 2.05) is 6.08 Å². The quantitative estimate of drug-likeness (QED) is 0.542. The molecular formula is C18H31N3O4. The Morgan fingerprint density at radius 1 is 1.20 bits per heavy atom. The number of aliphatic hydroxyl groups excluding tert-OH is 1. The van der Waals surface area contributed by atoms with Crippen LogP contribution in [0.5, 0.6) is 0 Å². The van der Waals surface area contributed by atoms with Crippen LogP contribution in [0.1, 0.15) is 39.0 Å². The first-order valence-electron chi connectivity index (χ1n) is 9.35. The molecule has 0 aromatic carbocycles. The first kappa shape index (κ1) is 19.9. The molecule has 25 heavy (non-hydrogen) atoms. The van der Waals surface area contributed by atoms with E-state index >= 15 is 0 Å². The summed E-state index contributed by atoms with van der Waals surface area (Å²) in [7, 11) is 0. The predicted molar refractivity (Wildman–Crippen MR) is 95.0 cm³/mol. The van der Waals surface area contributed by atoms with Crippen LogP contribution >= 0.6 is 0 Å². The van der Waals surface area contributed by atoms with Gasteiger partial charge in [-0.05, 0) is 25.9 Å². The number of ether oxygens (including phenoxy) is 1. The third-order valence-corrected chi connectivity index (χ3v) is 4.70. The Kier molecular flexibility index (Phi) is 8.37. The molecule has 3 N–H and O–H groups in total. The molecule has 0 unspecified atom stereocenters. The number of rotatable bonds is 8. The van der Waals surface area contributed by atoms with Gasteiger partial charge in [-0.25, -0.2) is 0 Å². The summed E-state index contributed by atoms with van der Waals surface area (Å²) in [6.07, 6.45) is 7.10. The highest BCUT2D eigenvalue weighted by atomic mass is 16.5. The van der Waals surface area contributed by atoms with E-state index in [-0.39, 0.29) is 37.0 Å². The lowest BCUT2D eigenvalue weighted by atomic mass is 10.0. The van der Waals surface area contributed by atoms with Crippen molar-refractivity contribution in [3.8, 4) is 0 Å². The van der Waals surface area contributed by atoms with Gasteiger partial charge in [0.15, 0.2) is 0 Å². The minimum atomic E-state index is -0.522. The molecule has 2 rings (SSSR count). The van der Waals surface area contributed by atoms with Gasteiger partial charge in [0.25, 0.3) is 0 Å². The van der Waals surface area contributed by atoms with Crippen LogP contribution in [-0.2, 0) is 14.3 Å². The topological polar surface area (TPSA) is 90.9 Å². The highest BCUT2D eigenvalue weighted by molar-refractivity contribution is 5.77. The van der Waals surface area contributed by atoms with Gasteiger partial charge in [-0.2, -0.15) is 0 Å². The molecule has 0 saturated carbocycles. The number of hydrogen-bond donors (Lipinski definition) is 3. The lowest BCUT2D eigenvalue weighted by Crippen LogP contribution is -2.49. The number of amides is 2. The fraction of sp³-hybridized carbons (Fsp3) is 0.778. The molecular weight excluding hydrogens is 322 g/mol. The summed E-state index contributed by atoms with van der Waals surface area (Å²) in [5.41, 5.74) is 0. The SMILES string of the molecule is CCC(=O)N[C@H]1C=C[C@@H](CC(=O)NCCN2CCCCC2)O[C@H]1CO. The maximum absolute atomic E-state index is 12.1. The molecule has 7 heteroatoms. The molecule has 1 fully saturated rings. The van der Waals surface area contributed by atoms with Crippen molar-refractivity contribution in [2.75, 3.05) is 32.8 Å². The van der Waals surface area contributed by atoms with Crippen LogP contribution in [0, 0.1) is 0 Å². The number of hydrogen-bond acceptors (Lipinski definition) is 5. The highest BCUT2D eigenvalue weighted by Gasteiger charge is 2.28. The molecule has 2 aliphatic heterocycles. The van der Waals surface area contributed by atoms with Crippen LogP contribution in [0.25, 0.3) is 0 Å². The van der Waals surface area contributed by atoms with Crippen LogP contribution in [-0.4, -0.2) is 72.9 Å². The van der Waals surface area contributed by atoms with Gasteiger partial charge in [0.2, 0.25) is 11.8 Å². The second-order valence-corrected chi connectivity index (χ2v) is 6.68. The first-order valence-corrected chi connectivity index (χ1v) is 9.35. The molecule has 2 aliphatic rings. The monoisotopic (exact) mass is 353 g/mol. The maximum Gasteiger partial charge on any atom is 0.222 e. The van der Waals surface area contributed by atoms with Gasteiger partial charge in [-0.1, -0.05) is 25.5 Å². The van der Waals surface area contributed by atoms with E-state index in [0.717, 1.165) is 19.6 Å². The third-order valence-electron chi connectivity index (χ3n) is 4.70. The average molecular weight is 353 g/mol. The number of nitrogens with one attached hydrogen (secondary N) is 2. The Bertz CT molecular complexity index is 463. The van der Waals surface area contributed by atoms with Crippen LogP contribution in [0.15, 0.2) is 12.2 Å². The van der Waals surface area contributed by atoms with Crippen LogP contribution < -0.4 is 10.6 Å². The molecule has 1 saturated heterocycles. The average Bonchev–Trinajstić information content (AvgIpc) is 2.63. The molecule has 2 heterocycles. The van der Waals surface area contributed by atoms with Crippen LogP contribution in [0.3, 0.4) is 0 Å². The van der Waals surface area contributed by atoms with Crippen molar-refractivity contribution in [3.63, 3.8) is 0 Å². The van der Waals surface area contributed by atoms with Crippen molar-refractivity contribution in [1.29, 1.82) is 0 Å². The summed E-state index contributed by atoms with van der Waals surface area (Å²) in [4.78, 5) is 26.0. The van der Waals surface area contributed by atoms with Crippen molar-refractivity contribution < 1.29 is 19.4 Å². The van der Waals surface area contributed by atoms with Gasteiger partial charge in [-0.3, -0.25) is 9.59 Å². The maximum atomic E-state index is 12.1. The molecule has 2 amide bonds. The zero-order valence-corrected chi connectivity index (χ0v) is 15.1. The first-order chi connectivity index (χ1) is 12.1. The minimum Gasteiger partial charge on any atom is -0.394 e. The Balaban J connectivity index is 1.71. The van der Waals surface area contributed by atoms with Crippen molar-refractivity contribution in [2.24, 2.45) is 0 Å². The predicted octanol–water partition coefficient (Wildman–Crippen LogP) is 0.189. The summed E-state index contributed by atoms with van der Waals surface area (Å²) in [5, 5.41) is 15.2. The molecule has 7 nitrogen and oxygen atoms in total. The van der Waals surface area contributed by atoms with E-state index in [1.165, 1.54) is 19.3 Å². The lowest BCUT2D eigenvalue weighted by molar-refractivity contribution is -0.128. The second-order valence-electron chi connectivity index (χ2n) is 6.68. The van der Waals surface area contributed by atoms with Gasteiger partial charge < -0.3 is 25.4 Å². The molecule has 0 bridgehead atoms. The van der Waals surface area contributed by atoms with Crippen LogP contribution in [0.2, 0.25) is 0 Å². The fourth-order valence-electron chi connectivity index (χ4n) is 3.22. The van der Waals surface area contributed by atoms with Gasteiger partial charge in [0.1, 0.15) is 6.10 Å². The molecule has 0 spiro atoms. The molecule has 0 radical (unpaired) electrons. The second kappa shape index (κ2) is 10.5. The highest BCUT2D eigenvalue weighted by Crippen LogP contribution is 2.16. The number of aliphatic hydroxyl groups is 1. The number of likely N-dealkylation sites (tertiary alicyclic amines) is 1. The molecule has 0 aromatic rings. The smallest absolute Gasteiger partial charge is 0.222 e. The summed E-state index contributed by atoms with van der Waals surface area (Å²) in [6.45, 7) is 5.34. The van der Waals surface area contributed by atoms with Crippen molar-refractivity contribution >= 4 is 11.8 Å².